The summed E-state index contributed by atoms with van der Waals surface area (Å²) in [6, 6.07) is 18.3. The highest BCUT2D eigenvalue weighted by atomic mass is 16.6. The van der Waals surface area contributed by atoms with Crippen LogP contribution in [0.3, 0.4) is 0 Å². The molecule has 6 rings (SSSR count). The van der Waals surface area contributed by atoms with E-state index in [0.717, 1.165) is 24.1 Å². The summed E-state index contributed by atoms with van der Waals surface area (Å²) >= 11 is 0. The molecule has 0 bridgehead atoms. The van der Waals surface area contributed by atoms with Gasteiger partial charge in [0.25, 0.3) is 5.69 Å². The molecular weight excluding hydrogens is 510 g/mol. The van der Waals surface area contributed by atoms with Gasteiger partial charge in [0.1, 0.15) is 11.8 Å². The van der Waals surface area contributed by atoms with E-state index in [1.807, 2.05) is 41.3 Å². The van der Waals surface area contributed by atoms with Gasteiger partial charge in [-0.15, -0.1) is 0 Å². The number of ketones is 1. The molecule has 0 N–H and O–H groups in total. The van der Waals surface area contributed by atoms with Crippen LogP contribution in [0.2, 0.25) is 0 Å². The van der Waals surface area contributed by atoms with Crippen LogP contribution in [-0.4, -0.2) is 41.2 Å². The number of hydrogen-bond acceptors (Lipinski definition) is 7. The summed E-state index contributed by atoms with van der Waals surface area (Å²) in [5.74, 6) is -2.37. The molecule has 0 radical (unpaired) electrons. The number of anilines is 2. The van der Waals surface area contributed by atoms with Crippen LogP contribution in [0.5, 0.6) is 5.75 Å². The van der Waals surface area contributed by atoms with Gasteiger partial charge >= 0.3 is 0 Å². The molecule has 3 heterocycles. The van der Waals surface area contributed by atoms with Gasteiger partial charge in [0.05, 0.1) is 35.1 Å². The number of rotatable bonds is 8. The molecule has 9 nitrogen and oxygen atoms in total. The molecule has 0 saturated carbocycles. The van der Waals surface area contributed by atoms with E-state index in [9.17, 15) is 24.5 Å². The van der Waals surface area contributed by atoms with Crippen LogP contribution in [-0.2, 0) is 9.59 Å². The van der Waals surface area contributed by atoms with Crippen LogP contribution < -0.4 is 14.5 Å². The van der Waals surface area contributed by atoms with Gasteiger partial charge in [-0.3, -0.25) is 24.5 Å². The molecule has 3 aromatic carbocycles. The minimum absolute atomic E-state index is 0.123. The van der Waals surface area contributed by atoms with Crippen molar-refractivity contribution in [2.75, 3.05) is 16.4 Å². The summed E-state index contributed by atoms with van der Waals surface area (Å²) in [4.78, 5) is 55.9. The van der Waals surface area contributed by atoms with Crippen molar-refractivity contribution in [1.29, 1.82) is 0 Å². The minimum atomic E-state index is -1.01. The van der Waals surface area contributed by atoms with Crippen LogP contribution >= 0.6 is 0 Å². The fourth-order valence-corrected chi connectivity index (χ4v) is 6.04. The molecule has 3 aromatic rings. The van der Waals surface area contributed by atoms with E-state index < -0.39 is 40.5 Å². The first-order chi connectivity index (χ1) is 19.4. The van der Waals surface area contributed by atoms with Crippen LogP contribution in [0.15, 0.2) is 78.9 Å². The molecule has 2 amide bonds. The largest absolute Gasteiger partial charge is 0.494 e. The Morgan fingerprint density at radius 3 is 2.48 bits per heavy atom. The number of carbonyl (C=O) groups excluding carboxylic acids is 3. The van der Waals surface area contributed by atoms with E-state index in [4.69, 9.17) is 4.74 Å². The Morgan fingerprint density at radius 1 is 0.975 bits per heavy atom. The van der Waals surface area contributed by atoms with Crippen molar-refractivity contribution >= 4 is 40.7 Å². The predicted octanol–water partition coefficient (Wildman–Crippen LogP) is 5.05. The maximum absolute atomic E-state index is 14.1. The molecule has 2 saturated heterocycles. The van der Waals surface area contributed by atoms with Crippen molar-refractivity contribution in [3.8, 4) is 5.75 Å². The number of carbonyl (C=O) groups is 3. The second kappa shape index (κ2) is 10.1. The Balaban J connectivity index is 1.40. The van der Waals surface area contributed by atoms with E-state index in [1.165, 1.54) is 29.2 Å². The van der Waals surface area contributed by atoms with Crippen molar-refractivity contribution in [2.24, 2.45) is 11.8 Å². The Hall–Kier alpha value is -4.79. The van der Waals surface area contributed by atoms with E-state index in [0.29, 0.717) is 18.0 Å². The summed E-state index contributed by atoms with van der Waals surface area (Å²) in [7, 11) is 0. The zero-order valence-corrected chi connectivity index (χ0v) is 21.8. The first kappa shape index (κ1) is 25.5. The van der Waals surface area contributed by atoms with Crippen molar-refractivity contribution in [3.05, 3.63) is 100 Å². The third kappa shape index (κ3) is 4.05. The van der Waals surface area contributed by atoms with Crippen LogP contribution in [0.4, 0.5) is 17.1 Å². The zero-order valence-electron chi connectivity index (χ0n) is 21.8. The van der Waals surface area contributed by atoms with E-state index in [1.54, 1.807) is 24.3 Å². The SMILES string of the molecule is CCCCOc1ccc(N2C(=O)[C@@H]3[C@H](C2=O)[C@@H]2C=Cc4ccccc4N2[C@@H]3C(=O)c2cccc([N+](=O)[O-])c2)cc1. The summed E-state index contributed by atoms with van der Waals surface area (Å²) in [5.41, 5.74) is 1.94. The molecule has 0 unspecified atom stereocenters. The van der Waals surface area contributed by atoms with Gasteiger partial charge in [-0.2, -0.15) is 0 Å². The zero-order chi connectivity index (χ0) is 28.0. The van der Waals surface area contributed by atoms with Crippen molar-refractivity contribution < 1.29 is 24.0 Å². The van der Waals surface area contributed by atoms with Gasteiger partial charge in [-0.1, -0.05) is 55.8 Å². The standard InChI is InChI=1S/C31H27N3O6/c1-2-3-17-40-23-14-12-21(13-15-23)32-30(36)26-25-16-11-19-7-4-5-10-24(19)33(25)28(27(26)31(32)37)29(35)20-8-6-9-22(18-20)34(38)39/h4-16,18,25-28H,2-3,17H2,1H3/t25-,26+,27+,28-/m0/s1. The fourth-order valence-electron chi connectivity index (χ4n) is 6.04. The van der Waals surface area contributed by atoms with Crippen LogP contribution in [0.25, 0.3) is 6.08 Å². The molecule has 9 heteroatoms. The van der Waals surface area contributed by atoms with Gasteiger partial charge in [0.2, 0.25) is 11.8 Å². The Morgan fingerprint density at radius 2 is 1.73 bits per heavy atom. The van der Waals surface area contributed by atoms with Crippen molar-refractivity contribution in [1.82, 2.24) is 0 Å². The predicted molar refractivity (Wildman–Crippen MR) is 149 cm³/mol. The first-order valence-corrected chi connectivity index (χ1v) is 13.4. The summed E-state index contributed by atoms with van der Waals surface area (Å²) in [6.45, 7) is 2.65. The van der Waals surface area contributed by atoms with Crippen LogP contribution in [0.1, 0.15) is 35.7 Å². The minimum Gasteiger partial charge on any atom is -0.494 e. The summed E-state index contributed by atoms with van der Waals surface area (Å²) in [6.07, 6.45) is 5.71. The van der Waals surface area contributed by atoms with Crippen molar-refractivity contribution in [2.45, 2.75) is 31.8 Å². The number of nitro groups is 1. The number of unbranched alkanes of at least 4 members (excludes halogenated alkanes) is 1. The lowest BCUT2D eigenvalue weighted by Gasteiger charge is -2.36. The molecule has 0 aliphatic carbocycles. The number of nitro benzene ring substituents is 1. The highest BCUT2D eigenvalue weighted by Crippen LogP contribution is 2.50. The lowest BCUT2D eigenvalue weighted by Crippen LogP contribution is -2.48. The molecule has 3 aliphatic rings. The van der Waals surface area contributed by atoms with Crippen molar-refractivity contribution in [3.63, 3.8) is 0 Å². The molecule has 0 spiro atoms. The molecule has 3 aliphatic heterocycles. The Labute approximate surface area is 230 Å². The highest BCUT2D eigenvalue weighted by Gasteiger charge is 2.64. The highest BCUT2D eigenvalue weighted by molar-refractivity contribution is 6.25. The smallest absolute Gasteiger partial charge is 0.270 e. The van der Waals surface area contributed by atoms with Gasteiger partial charge in [-0.25, -0.2) is 4.90 Å². The van der Waals surface area contributed by atoms with Gasteiger partial charge < -0.3 is 9.64 Å². The molecule has 0 aromatic heterocycles. The number of nitrogens with zero attached hydrogens (tertiary/aromatic N) is 3. The van der Waals surface area contributed by atoms with E-state index in [-0.39, 0.29) is 17.2 Å². The van der Waals surface area contributed by atoms with Crippen LogP contribution in [0, 0.1) is 22.0 Å². The van der Waals surface area contributed by atoms with Gasteiger partial charge in [-0.05, 0) is 42.3 Å². The second-order valence-corrected chi connectivity index (χ2v) is 10.2. The number of ether oxygens (including phenoxy) is 1. The third-order valence-corrected chi connectivity index (χ3v) is 7.89. The lowest BCUT2D eigenvalue weighted by atomic mass is 9.86. The number of para-hydroxylation sites is 1. The normalized spacial score (nSPS) is 22.6. The number of Topliss-reactive ketones (excluding diaryl/α,β-unsaturated/α-hetero) is 1. The summed E-state index contributed by atoms with van der Waals surface area (Å²) < 4.78 is 5.72. The number of fused-ring (bicyclic) bond motifs is 5. The number of non-ortho nitro benzene ring substituents is 1. The lowest BCUT2D eigenvalue weighted by molar-refractivity contribution is -0.384. The molecule has 202 valence electrons. The van der Waals surface area contributed by atoms with E-state index >= 15 is 0 Å². The second-order valence-electron chi connectivity index (χ2n) is 10.2. The molecule has 4 atom stereocenters. The Bertz CT molecular complexity index is 1550. The third-order valence-electron chi connectivity index (χ3n) is 7.89. The fraction of sp³-hybridized carbons (Fsp3) is 0.258. The molecular formula is C31H27N3O6. The Kier molecular flexibility index (Phi) is 6.42. The number of imide groups is 1. The number of amides is 2. The van der Waals surface area contributed by atoms with Gasteiger partial charge in [0.15, 0.2) is 5.78 Å². The van der Waals surface area contributed by atoms with Gasteiger partial charge in [0, 0.05) is 23.4 Å². The first-order valence-electron chi connectivity index (χ1n) is 13.4. The topological polar surface area (TPSA) is 110 Å². The molecule has 40 heavy (non-hydrogen) atoms. The average molecular weight is 538 g/mol. The quantitative estimate of drug-likeness (QED) is 0.130. The average Bonchev–Trinajstić information content (AvgIpc) is 3.45. The van der Waals surface area contributed by atoms with E-state index in [2.05, 4.69) is 6.92 Å². The number of benzene rings is 3. The summed E-state index contributed by atoms with van der Waals surface area (Å²) in [5, 5.41) is 11.4. The maximum atomic E-state index is 14.1. The molecule has 2 fully saturated rings. The monoisotopic (exact) mass is 537 g/mol. The maximum Gasteiger partial charge on any atom is 0.270 e. The number of hydrogen-bond donors (Lipinski definition) is 0.